The highest BCUT2D eigenvalue weighted by atomic mass is 16.7. The molecule has 0 saturated carbocycles. The van der Waals surface area contributed by atoms with Gasteiger partial charge in [-0.15, -0.1) is 0 Å². The van der Waals surface area contributed by atoms with Crippen molar-refractivity contribution in [3.05, 3.63) is 11.7 Å². The second-order valence-electron chi connectivity index (χ2n) is 3.85. The maximum Gasteiger partial charge on any atom is 0.321 e. The Balaban J connectivity index is 4.25. The molecule has 4 heteroatoms. The lowest BCUT2D eigenvalue weighted by atomic mass is 10.3. The smallest absolute Gasteiger partial charge is 0.321 e. The highest BCUT2D eigenvalue weighted by Gasteiger charge is 2.10. The van der Waals surface area contributed by atoms with E-state index in [9.17, 15) is 0 Å². The maximum atomic E-state index is 5.55. The molecule has 0 radical (unpaired) electrons. The molecule has 0 rings (SSSR count). The molecule has 0 heterocycles. The summed E-state index contributed by atoms with van der Waals surface area (Å²) in [5.74, 6) is 1.25. The third kappa shape index (κ3) is 8.23. The fraction of sp³-hybridized carbons (Fsp3) is 0.857. The minimum absolute atomic E-state index is 0.218. The molecule has 0 aliphatic rings. The van der Waals surface area contributed by atoms with Crippen molar-refractivity contribution >= 4 is 0 Å². The fourth-order valence-corrected chi connectivity index (χ4v) is 1.37. The number of allylic oxidation sites excluding steroid dienone is 1. The molecular formula is C14H28O4. The van der Waals surface area contributed by atoms with E-state index >= 15 is 0 Å². The van der Waals surface area contributed by atoms with E-state index in [4.69, 9.17) is 18.9 Å². The first-order valence-corrected chi connectivity index (χ1v) is 6.99. The quantitative estimate of drug-likeness (QED) is 0.304. The van der Waals surface area contributed by atoms with Crippen LogP contribution in [0.4, 0.5) is 0 Å². The Morgan fingerprint density at radius 2 is 1.56 bits per heavy atom. The van der Waals surface area contributed by atoms with Gasteiger partial charge < -0.3 is 18.9 Å². The number of ether oxygens (including phenoxy) is 4. The first kappa shape index (κ1) is 17.1. The van der Waals surface area contributed by atoms with Crippen LogP contribution in [0, 0.1) is 0 Å². The highest BCUT2D eigenvalue weighted by Crippen LogP contribution is 2.15. The summed E-state index contributed by atoms with van der Waals surface area (Å²) in [5, 5.41) is 0. The summed E-state index contributed by atoms with van der Waals surface area (Å²) in [7, 11) is 0. The van der Waals surface area contributed by atoms with Gasteiger partial charge >= 0.3 is 5.95 Å². The molecule has 0 spiro atoms. The Morgan fingerprint density at radius 3 is 2.11 bits per heavy atom. The summed E-state index contributed by atoms with van der Waals surface area (Å²) in [6.45, 7) is 10.2. The molecule has 0 unspecified atom stereocenters. The Morgan fingerprint density at radius 1 is 0.833 bits per heavy atom. The van der Waals surface area contributed by atoms with Gasteiger partial charge in [-0.25, -0.2) is 0 Å². The number of hydrogen-bond donors (Lipinski definition) is 0. The minimum atomic E-state index is 0.218. The number of hydrogen-bond acceptors (Lipinski definition) is 4. The molecule has 0 aromatic heterocycles. The molecule has 108 valence electrons. The molecule has 0 fully saturated rings. The topological polar surface area (TPSA) is 36.9 Å². The van der Waals surface area contributed by atoms with Crippen LogP contribution in [0.1, 0.15) is 53.4 Å². The van der Waals surface area contributed by atoms with E-state index < -0.39 is 0 Å². The molecule has 0 aliphatic carbocycles. The second-order valence-corrected chi connectivity index (χ2v) is 3.85. The van der Waals surface area contributed by atoms with Crippen molar-refractivity contribution in [1.82, 2.24) is 0 Å². The van der Waals surface area contributed by atoms with E-state index in [0.29, 0.717) is 25.8 Å². The van der Waals surface area contributed by atoms with Crippen molar-refractivity contribution in [2.45, 2.75) is 53.4 Å². The Hall–Kier alpha value is -0.900. The molecule has 0 bridgehead atoms. The SMILES string of the molecule is CCCCOCO/C(OCC)=C(/CCC)OCC. The van der Waals surface area contributed by atoms with Crippen molar-refractivity contribution in [1.29, 1.82) is 0 Å². The second kappa shape index (κ2) is 12.6. The minimum Gasteiger partial charge on any atom is -0.491 e. The first-order valence-electron chi connectivity index (χ1n) is 6.99. The van der Waals surface area contributed by atoms with E-state index in [-0.39, 0.29) is 6.79 Å². The summed E-state index contributed by atoms with van der Waals surface area (Å²) in [6.07, 6.45) is 3.97. The van der Waals surface area contributed by atoms with E-state index in [0.717, 1.165) is 31.4 Å². The zero-order valence-electron chi connectivity index (χ0n) is 12.3. The van der Waals surface area contributed by atoms with Crippen molar-refractivity contribution in [3.8, 4) is 0 Å². The molecule has 0 aromatic rings. The molecule has 0 atom stereocenters. The van der Waals surface area contributed by atoms with E-state index in [2.05, 4.69) is 13.8 Å². The van der Waals surface area contributed by atoms with E-state index in [1.807, 2.05) is 13.8 Å². The zero-order chi connectivity index (χ0) is 13.6. The molecule has 0 saturated heterocycles. The Bertz CT molecular complexity index is 206. The molecule has 0 aliphatic heterocycles. The van der Waals surface area contributed by atoms with Crippen LogP contribution < -0.4 is 0 Å². The summed E-state index contributed by atoms with van der Waals surface area (Å²) < 4.78 is 21.9. The van der Waals surface area contributed by atoms with Crippen molar-refractivity contribution < 1.29 is 18.9 Å². The summed E-state index contributed by atoms with van der Waals surface area (Å²) in [6, 6.07) is 0. The van der Waals surface area contributed by atoms with Gasteiger partial charge in [0.2, 0.25) is 0 Å². The van der Waals surface area contributed by atoms with Gasteiger partial charge in [0.15, 0.2) is 12.6 Å². The van der Waals surface area contributed by atoms with Gasteiger partial charge in [-0.05, 0) is 26.7 Å². The van der Waals surface area contributed by atoms with Gasteiger partial charge in [0.1, 0.15) is 0 Å². The van der Waals surface area contributed by atoms with Gasteiger partial charge in [-0.2, -0.15) is 0 Å². The van der Waals surface area contributed by atoms with Crippen LogP contribution in [0.3, 0.4) is 0 Å². The molecular weight excluding hydrogens is 232 g/mol. The first-order chi connectivity index (χ1) is 8.79. The number of unbranched alkanes of at least 4 members (excludes halogenated alkanes) is 1. The summed E-state index contributed by atoms with van der Waals surface area (Å²) >= 11 is 0. The van der Waals surface area contributed by atoms with Crippen LogP contribution in [-0.4, -0.2) is 26.6 Å². The lowest BCUT2D eigenvalue weighted by Gasteiger charge is -2.16. The predicted molar refractivity (Wildman–Crippen MR) is 72.0 cm³/mol. The monoisotopic (exact) mass is 260 g/mol. The van der Waals surface area contributed by atoms with Crippen LogP contribution in [0.25, 0.3) is 0 Å². The normalized spacial score (nSPS) is 12.0. The molecule has 0 N–H and O–H groups in total. The maximum absolute atomic E-state index is 5.55. The lowest BCUT2D eigenvalue weighted by Crippen LogP contribution is -2.09. The molecule has 4 nitrogen and oxygen atoms in total. The Labute approximate surface area is 111 Å². The average Bonchev–Trinajstić information content (AvgIpc) is 2.37. The molecule has 0 amide bonds. The largest absolute Gasteiger partial charge is 0.491 e. The highest BCUT2D eigenvalue weighted by molar-refractivity contribution is 4.94. The number of rotatable bonds is 12. The van der Waals surface area contributed by atoms with Gasteiger partial charge in [-0.3, -0.25) is 0 Å². The van der Waals surface area contributed by atoms with E-state index in [1.54, 1.807) is 0 Å². The third-order valence-electron chi connectivity index (χ3n) is 2.21. The third-order valence-corrected chi connectivity index (χ3v) is 2.21. The average molecular weight is 260 g/mol. The van der Waals surface area contributed by atoms with Gasteiger partial charge in [0.25, 0.3) is 0 Å². The lowest BCUT2D eigenvalue weighted by molar-refractivity contribution is -0.0821. The van der Waals surface area contributed by atoms with E-state index in [1.165, 1.54) is 0 Å². The van der Waals surface area contributed by atoms with Crippen LogP contribution in [0.2, 0.25) is 0 Å². The summed E-state index contributed by atoms with van der Waals surface area (Å²) in [4.78, 5) is 0. The predicted octanol–water partition coefficient (Wildman–Crippen LogP) is 3.82. The van der Waals surface area contributed by atoms with Crippen LogP contribution in [0.5, 0.6) is 0 Å². The van der Waals surface area contributed by atoms with Crippen molar-refractivity contribution in [3.63, 3.8) is 0 Å². The van der Waals surface area contributed by atoms with Gasteiger partial charge in [0, 0.05) is 6.42 Å². The van der Waals surface area contributed by atoms with Gasteiger partial charge in [-0.1, -0.05) is 20.3 Å². The van der Waals surface area contributed by atoms with Crippen LogP contribution >= 0.6 is 0 Å². The van der Waals surface area contributed by atoms with Crippen molar-refractivity contribution in [2.75, 3.05) is 26.6 Å². The fourth-order valence-electron chi connectivity index (χ4n) is 1.37. The Kier molecular flexibility index (Phi) is 11.9. The zero-order valence-corrected chi connectivity index (χ0v) is 12.3. The summed E-state index contributed by atoms with van der Waals surface area (Å²) in [5.41, 5.74) is 0. The molecule has 18 heavy (non-hydrogen) atoms. The van der Waals surface area contributed by atoms with Crippen molar-refractivity contribution in [2.24, 2.45) is 0 Å². The standard InChI is InChI=1S/C14H28O4/c1-5-9-11-15-12-18-14(17-8-4)13(10-6-2)16-7-3/h5-12H2,1-4H3/b14-13-. The molecule has 0 aromatic carbocycles. The van der Waals surface area contributed by atoms with Crippen LogP contribution in [0.15, 0.2) is 11.7 Å². The van der Waals surface area contributed by atoms with Gasteiger partial charge in [0.05, 0.1) is 19.8 Å². The van der Waals surface area contributed by atoms with Crippen LogP contribution in [-0.2, 0) is 18.9 Å².